The molecule has 0 unspecified atom stereocenters. The van der Waals surface area contributed by atoms with Crippen molar-refractivity contribution in [1.29, 1.82) is 0 Å². The lowest BCUT2D eigenvalue weighted by Crippen LogP contribution is -2.34. The maximum atomic E-state index is 5.73. The minimum atomic E-state index is 0.657. The van der Waals surface area contributed by atoms with Crippen molar-refractivity contribution in [3.05, 3.63) is 24.5 Å². The number of rotatable bonds is 13. The zero-order valence-electron chi connectivity index (χ0n) is 14.9. The molecule has 0 spiro atoms. The summed E-state index contributed by atoms with van der Waals surface area (Å²) in [5, 5.41) is 0. The Morgan fingerprint density at radius 1 is 0.864 bits per heavy atom. The Kier molecular flexibility index (Phi) is 10.7. The van der Waals surface area contributed by atoms with Crippen LogP contribution in [0.15, 0.2) is 24.5 Å². The van der Waals surface area contributed by atoms with E-state index in [0.29, 0.717) is 6.73 Å². The first-order chi connectivity index (χ1) is 10.7. The van der Waals surface area contributed by atoms with E-state index >= 15 is 0 Å². The third-order valence-corrected chi connectivity index (χ3v) is 4.02. The Balaban J connectivity index is 1.93. The maximum absolute atomic E-state index is 5.73. The summed E-state index contributed by atoms with van der Waals surface area (Å²) in [5.74, 6) is 0. The van der Waals surface area contributed by atoms with Crippen LogP contribution in [0, 0.1) is 0 Å². The highest BCUT2D eigenvalue weighted by Gasteiger charge is 2.01. The van der Waals surface area contributed by atoms with Crippen molar-refractivity contribution >= 4 is 5.69 Å². The molecule has 22 heavy (non-hydrogen) atoms. The van der Waals surface area contributed by atoms with E-state index in [4.69, 9.17) is 4.74 Å². The highest BCUT2D eigenvalue weighted by atomic mass is 16.5. The molecule has 0 saturated carbocycles. The number of hydrogen-bond acceptors (Lipinski definition) is 2. The molecule has 0 aliphatic carbocycles. The van der Waals surface area contributed by atoms with Crippen LogP contribution in [0.3, 0.4) is 0 Å². The largest absolute Gasteiger partial charge is 0.377 e. The van der Waals surface area contributed by atoms with E-state index < -0.39 is 0 Å². The fourth-order valence-electron chi connectivity index (χ4n) is 2.52. The van der Waals surface area contributed by atoms with Crippen molar-refractivity contribution in [3.8, 4) is 0 Å². The molecular formula is C19H35N2O+. The van der Waals surface area contributed by atoms with Crippen LogP contribution in [0.2, 0.25) is 0 Å². The SMILES string of the molecule is CCCCCCCCCCCOC[n+]1ccc(N(C)C)cc1. The summed E-state index contributed by atoms with van der Waals surface area (Å²) < 4.78 is 7.81. The smallest absolute Gasteiger partial charge is 0.252 e. The molecule has 0 aromatic carbocycles. The molecule has 0 fully saturated rings. The molecule has 0 bridgehead atoms. The molecule has 0 amide bonds. The van der Waals surface area contributed by atoms with E-state index in [1.54, 1.807) is 0 Å². The molecule has 0 N–H and O–H groups in total. The average molecular weight is 308 g/mol. The molecule has 1 aromatic rings. The van der Waals surface area contributed by atoms with Gasteiger partial charge in [0.1, 0.15) is 0 Å². The minimum Gasteiger partial charge on any atom is -0.377 e. The van der Waals surface area contributed by atoms with Gasteiger partial charge in [0.15, 0.2) is 12.4 Å². The molecule has 1 aromatic heterocycles. The molecule has 0 saturated heterocycles. The van der Waals surface area contributed by atoms with Gasteiger partial charge in [0.2, 0.25) is 0 Å². The standard InChI is InChI=1S/C19H35N2O/c1-4-5-6-7-8-9-10-11-12-17-22-18-21-15-13-19(14-16-21)20(2)3/h13-16H,4-12,17-18H2,1-3H3/q+1. The average Bonchev–Trinajstić information content (AvgIpc) is 2.53. The zero-order valence-corrected chi connectivity index (χ0v) is 14.9. The van der Waals surface area contributed by atoms with Crippen molar-refractivity contribution in [1.82, 2.24) is 0 Å². The summed E-state index contributed by atoms with van der Waals surface area (Å²) >= 11 is 0. The van der Waals surface area contributed by atoms with Gasteiger partial charge < -0.3 is 9.64 Å². The summed E-state index contributed by atoms with van der Waals surface area (Å²) in [6, 6.07) is 4.23. The van der Waals surface area contributed by atoms with Gasteiger partial charge in [0.25, 0.3) is 6.73 Å². The van der Waals surface area contributed by atoms with Crippen LogP contribution in [0.1, 0.15) is 64.7 Å². The Bertz CT molecular complexity index is 362. The Morgan fingerprint density at radius 3 is 1.95 bits per heavy atom. The molecule has 0 radical (unpaired) electrons. The quantitative estimate of drug-likeness (QED) is 0.393. The van der Waals surface area contributed by atoms with E-state index in [1.807, 2.05) is 0 Å². The van der Waals surface area contributed by atoms with Gasteiger partial charge in [0.05, 0.1) is 6.61 Å². The monoisotopic (exact) mass is 307 g/mol. The molecule has 3 heteroatoms. The lowest BCUT2D eigenvalue weighted by Gasteiger charge is -2.10. The topological polar surface area (TPSA) is 16.4 Å². The molecule has 0 aliphatic heterocycles. The van der Waals surface area contributed by atoms with Gasteiger partial charge in [0, 0.05) is 31.9 Å². The number of unbranched alkanes of at least 4 members (excludes halogenated alkanes) is 8. The summed E-state index contributed by atoms with van der Waals surface area (Å²) in [6.07, 6.45) is 16.4. The van der Waals surface area contributed by atoms with Crippen LogP contribution < -0.4 is 9.47 Å². The fourth-order valence-corrected chi connectivity index (χ4v) is 2.52. The number of aromatic nitrogens is 1. The number of ether oxygens (including phenoxy) is 1. The second kappa shape index (κ2) is 12.5. The van der Waals surface area contributed by atoms with Crippen LogP contribution in [0.4, 0.5) is 5.69 Å². The van der Waals surface area contributed by atoms with Crippen molar-refractivity contribution in [2.75, 3.05) is 25.6 Å². The van der Waals surface area contributed by atoms with E-state index in [0.717, 1.165) is 6.61 Å². The van der Waals surface area contributed by atoms with E-state index in [2.05, 4.69) is 55.0 Å². The van der Waals surface area contributed by atoms with Crippen LogP contribution in [0.25, 0.3) is 0 Å². The van der Waals surface area contributed by atoms with Gasteiger partial charge >= 0.3 is 0 Å². The molecule has 0 aliphatic rings. The molecule has 1 heterocycles. The second-order valence-corrected chi connectivity index (χ2v) is 6.33. The van der Waals surface area contributed by atoms with Gasteiger partial charge in [-0.3, -0.25) is 0 Å². The number of anilines is 1. The summed E-state index contributed by atoms with van der Waals surface area (Å²) in [4.78, 5) is 2.10. The Hall–Kier alpha value is -1.09. The van der Waals surface area contributed by atoms with Crippen molar-refractivity contribution in [2.24, 2.45) is 0 Å². The lowest BCUT2D eigenvalue weighted by molar-refractivity contribution is -0.732. The molecule has 1 rings (SSSR count). The van der Waals surface area contributed by atoms with Gasteiger partial charge in [-0.05, 0) is 6.42 Å². The van der Waals surface area contributed by atoms with Crippen molar-refractivity contribution in [3.63, 3.8) is 0 Å². The lowest BCUT2D eigenvalue weighted by atomic mass is 10.1. The van der Waals surface area contributed by atoms with Crippen molar-refractivity contribution in [2.45, 2.75) is 71.4 Å². The normalized spacial score (nSPS) is 10.9. The molecule has 126 valence electrons. The zero-order chi connectivity index (χ0) is 16.0. The van der Waals surface area contributed by atoms with Crippen molar-refractivity contribution < 1.29 is 9.30 Å². The highest BCUT2D eigenvalue weighted by molar-refractivity contribution is 5.41. The Labute approximate surface area is 137 Å². The summed E-state index contributed by atoms with van der Waals surface area (Å²) in [6.45, 7) is 3.80. The van der Waals surface area contributed by atoms with Crippen LogP contribution in [0.5, 0.6) is 0 Å². The number of pyridine rings is 1. The highest BCUT2D eigenvalue weighted by Crippen LogP contribution is 2.09. The predicted molar refractivity (Wildman–Crippen MR) is 94.1 cm³/mol. The van der Waals surface area contributed by atoms with Gasteiger partial charge in [-0.25, -0.2) is 0 Å². The van der Waals surface area contributed by atoms with Gasteiger partial charge in [-0.2, -0.15) is 4.57 Å². The summed E-state index contributed by atoms with van der Waals surface area (Å²) in [5.41, 5.74) is 1.22. The van der Waals surface area contributed by atoms with E-state index in [9.17, 15) is 0 Å². The summed E-state index contributed by atoms with van der Waals surface area (Å²) in [7, 11) is 4.11. The first kappa shape index (κ1) is 19.0. The van der Waals surface area contributed by atoms with Gasteiger partial charge in [-0.15, -0.1) is 0 Å². The Morgan fingerprint density at radius 2 is 1.41 bits per heavy atom. The van der Waals surface area contributed by atoms with Crippen LogP contribution >= 0.6 is 0 Å². The third kappa shape index (κ3) is 9.04. The fraction of sp³-hybridized carbons (Fsp3) is 0.737. The maximum Gasteiger partial charge on any atom is 0.252 e. The van der Waals surface area contributed by atoms with Crippen LogP contribution in [-0.2, 0) is 11.5 Å². The third-order valence-electron chi connectivity index (χ3n) is 4.02. The molecule has 3 nitrogen and oxygen atoms in total. The number of hydrogen-bond donors (Lipinski definition) is 0. The second-order valence-electron chi connectivity index (χ2n) is 6.33. The first-order valence-electron chi connectivity index (χ1n) is 8.98. The molecular weight excluding hydrogens is 272 g/mol. The minimum absolute atomic E-state index is 0.657. The predicted octanol–water partition coefficient (Wildman–Crippen LogP) is 4.55. The van der Waals surface area contributed by atoms with E-state index in [-0.39, 0.29) is 0 Å². The van der Waals surface area contributed by atoms with Gasteiger partial charge in [-0.1, -0.05) is 58.3 Å². The first-order valence-corrected chi connectivity index (χ1v) is 8.98. The number of nitrogens with zero attached hydrogens (tertiary/aromatic N) is 2. The van der Waals surface area contributed by atoms with Crippen LogP contribution in [-0.4, -0.2) is 20.7 Å². The van der Waals surface area contributed by atoms with E-state index in [1.165, 1.54) is 63.5 Å². The molecule has 0 atom stereocenters.